The molecule has 0 saturated carbocycles. The average Bonchev–Trinajstić information content (AvgIpc) is 2.14. The zero-order valence-electron chi connectivity index (χ0n) is 9.06. The van der Waals surface area contributed by atoms with Gasteiger partial charge in [0, 0.05) is 10.7 Å². The van der Waals surface area contributed by atoms with E-state index in [1.165, 1.54) is 0 Å². The van der Waals surface area contributed by atoms with Crippen LogP contribution in [0.5, 0.6) is 0 Å². The van der Waals surface area contributed by atoms with Crippen molar-refractivity contribution < 1.29 is 13.5 Å². The molecule has 1 aromatic rings. The smallest absolute Gasteiger partial charge is 0.236 e. The molecule has 1 aromatic carbocycles. The van der Waals surface area contributed by atoms with Crippen LogP contribution < -0.4 is 0 Å². The topological polar surface area (TPSA) is 54.4 Å². The lowest BCUT2D eigenvalue weighted by Crippen LogP contribution is -2.01. The van der Waals surface area contributed by atoms with Crippen LogP contribution in [0.2, 0.25) is 0 Å². The molecule has 0 radical (unpaired) electrons. The van der Waals surface area contributed by atoms with Gasteiger partial charge in [0.1, 0.15) is 0 Å². The Morgan fingerprint density at radius 3 is 2.19 bits per heavy atom. The van der Waals surface area contributed by atoms with Gasteiger partial charge >= 0.3 is 0 Å². The Morgan fingerprint density at radius 1 is 1.25 bits per heavy atom. The first-order valence-corrected chi connectivity index (χ1v) is 7.53. The first-order valence-electron chi connectivity index (χ1n) is 5.05. The van der Waals surface area contributed by atoms with Gasteiger partial charge in [0.15, 0.2) is 0 Å². The lowest BCUT2D eigenvalue weighted by molar-refractivity contribution is 0.185. The number of hydrogen-bond donors (Lipinski definition) is 1. The maximum absolute atomic E-state index is 10.8. The van der Waals surface area contributed by atoms with Crippen molar-refractivity contribution in [3.8, 4) is 0 Å². The van der Waals surface area contributed by atoms with Gasteiger partial charge in [-0.05, 0) is 30.9 Å². The molecule has 0 fully saturated rings. The van der Waals surface area contributed by atoms with Gasteiger partial charge in [-0.1, -0.05) is 24.3 Å². The number of hydrogen-bond acceptors (Lipinski definition) is 3. The molecule has 1 atom stereocenters. The van der Waals surface area contributed by atoms with E-state index >= 15 is 0 Å². The molecule has 0 aliphatic heterocycles. The van der Waals surface area contributed by atoms with Crippen LogP contribution in [0.3, 0.4) is 0 Å². The highest BCUT2D eigenvalue weighted by molar-refractivity contribution is 8.13. The Kier molecular flexibility index (Phi) is 4.77. The summed E-state index contributed by atoms with van der Waals surface area (Å²) in [6.07, 6.45) is 1.17. The quantitative estimate of drug-likeness (QED) is 0.827. The minimum atomic E-state index is -3.48. The van der Waals surface area contributed by atoms with E-state index in [9.17, 15) is 8.42 Å². The zero-order chi connectivity index (χ0) is 12.2. The number of aliphatic hydroxyl groups is 1. The largest absolute Gasteiger partial charge is 0.393 e. The molecule has 0 aliphatic carbocycles. The highest BCUT2D eigenvalue weighted by Gasteiger charge is 2.06. The Morgan fingerprint density at radius 2 is 1.75 bits per heavy atom. The van der Waals surface area contributed by atoms with Gasteiger partial charge in [0.2, 0.25) is 9.05 Å². The molecule has 0 heterocycles. The third kappa shape index (κ3) is 5.49. The van der Waals surface area contributed by atoms with Crippen LogP contribution in [0, 0.1) is 0 Å². The van der Waals surface area contributed by atoms with E-state index < -0.39 is 9.05 Å². The van der Waals surface area contributed by atoms with E-state index in [0.29, 0.717) is 12.0 Å². The normalized spacial score (nSPS) is 13.7. The van der Waals surface area contributed by atoms with Crippen molar-refractivity contribution in [3.05, 3.63) is 35.4 Å². The summed E-state index contributed by atoms with van der Waals surface area (Å²) in [5.41, 5.74) is 1.76. The second kappa shape index (κ2) is 5.66. The Hall–Kier alpha value is -0.580. The third-order valence-electron chi connectivity index (χ3n) is 2.21. The summed E-state index contributed by atoms with van der Waals surface area (Å²) in [7, 11) is 1.67. The van der Waals surface area contributed by atoms with Crippen molar-refractivity contribution in [2.45, 2.75) is 31.6 Å². The van der Waals surface area contributed by atoms with E-state index in [0.717, 1.165) is 12.0 Å². The van der Waals surface area contributed by atoms with E-state index in [4.69, 9.17) is 15.8 Å². The highest BCUT2D eigenvalue weighted by atomic mass is 35.7. The number of halogens is 1. The first kappa shape index (κ1) is 13.5. The number of benzene rings is 1. The molecule has 0 aromatic heterocycles. The summed E-state index contributed by atoms with van der Waals surface area (Å²) < 4.78 is 21.7. The number of rotatable bonds is 5. The van der Waals surface area contributed by atoms with Gasteiger partial charge in [-0.25, -0.2) is 8.42 Å². The standard InChI is InChI=1S/C11H15ClO3S/c1-9(13)2-3-10-4-6-11(7-5-10)8-16(12,14)15/h4-7,9,13H,2-3,8H2,1H3. The molecule has 3 nitrogen and oxygen atoms in total. The fourth-order valence-corrected chi connectivity index (χ4v) is 2.35. The minimum Gasteiger partial charge on any atom is -0.393 e. The fraction of sp³-hybridized carbons (Fsp3) is 0.455. The van der Waals surface area contributed by atoms with Gasteiger partial charge in [0.25, 0.3) is 0 Å². The van der Waals surface area contributed by atoms with Crippen molar-refractivity contribution in [1.82, 2.24) is 0 Å². The average molecular weight is 263 g/mol. The predicted octanol–water partition coefficient (Wildman–Crippen LogP) is 2.07. The molecular weight excluding hydrogens is 248 g/mol. The molecule has 90 valence electrons. The first-order chi connectivity index (χ1) is 7.37. The van der Waals surface area contributed by atoms with Crippen molar-refractivity contribution in [2.75, 3.05) is 0 Å². The molecule has 0 amide bonds. The van der Waals surface area contributed by atoms with Gasteiger partial charge in [0.05, 0.1) is 11.9 Å². The molecule has 0 saturated heterocycles. The van der Waals surface area contributed by atoms with Gasteiger partial charge in [-0.3, -0.25) is 0 Å². The van der Waals surface area contributed by atoms with Crippen molar-refractivity contribution in [1.29, 1.82) is 0 Å². The molecule has 1 unspecified atom stereocenters. The summed E-state index contributed by atoms with van der Waals surface area (Å²) >= 11 is 0. The van der Waals surface area contributed by atoms with Gasteiger partial charge < -0.3 is 5.11 Å². The van der Waals surface area contributed by atoms with E-state index in [1.807, 2.05) is 12.1 Å². The van der Waals surface area contributed by atoms with Crippen molar-refractivity contribution in [2.24, 2.45) is 0 Å². The Bertz CT molecular complexity index is 423. The van der Waals surface area contributed by atoms with E-state index in [-0.39, 0.29) is 11.9 Å². The number of aliphatic hydroxyl groups excluding tert-OH is 1. The fourth-order valence-electron chi connectivity index (χ4n) is 1.38. The monoisotopic (exact) mass is 262 g/mol. The van der Waals surface area contributed by atoms with Crippen molar-refractivity contribution >= 4 is 19.7 Å². The lowest BCUT2D eigenvalue weighted by Gasteiger charge is -2.05. The van der Waals surface area contributed by atoms with Crippen LogP contribution in [0.1, 0.15) is 24.5 Å². The van der Waals surface area contributed by atoms with Crippen LogP contribution in [0.15, 0.2) is 24.3 Å². The predicted molar refractivity (Wildman–Crippen MR) is 64.9 cm³/mol. The highest BCUT2D eigenvalue weighted by Crippen LogP contribution is 2.12. The lowest BCUT2D eigenvalue weighted by atomic mass is 10.1. The summed E-state index contributed by atoms with van der Waals surface area (Å²) in [6, 6.07) is 7.22. The van der Waals surface area contributed by atoms with Gasteiger partial charge in [-0.15, -0.1) is 0 Å². The maximum Gasteiger partial charge on any atom is 0.236 e. The van der Waals surface area contributed by atoms with E-state index in [1.54, 1.807) is 19.1 Å². The summed E-state index contributed by atoms with van der Waals surface area (Å²) in [5, 5.41) is 9.12. The summed E-state index contributed by atoms with van der Waals surface area (Å²) in [4.78, 5) is 0. The van der Waals surface area contributed by atoms with Crippen molar-refractivity contribution in [3.63, 3.8) is 0 Å². The third-order valence-corrected chi connectivity index (χ3v) is 3.22. The molecule has 1 N–H and O–H groups in total. The van der Waals surface area contributed by atoms with Crippen LogP contribution in [0.4, 0.5) is 0 Å². The Labute approximate surface area is 100 Å². The molecule has 0 aliphatic rings. The summed E-state index contributed by atoms with van der Waals surface area (Å²) in [5.74, 6) is -0.148. The van der Waals surface area contributed by atoms with Crippen LogP contribution in [-0.2, 0) is 21.2 Å². The summed E-state index contributed by atoms with van der Waals surface area (Å²) in [6.45, 7) is 1.74. The van der Waals surface area contributed by atoms with Gasteiger partial charge in [-0.2, -0.15) is 0 Å². The molecule has 5 heteroatoms. The zero-order valence-corrected chi connectivity index (χ0v) is 10.6. The van der Waals surface area contributed by atoms with E-state index in [2.05, 4.69) is 0 Å². The maximum atomic E-state index is 10.8. The van der Waals surface area contributed by atoms with Crippen LogP contribution >= 0.6 is 10.7 Å². The minimum absolute atomic E-state index is 0.148. The molecule has 0 bridgehead atoms. The SMILES string of the molecule is CC(O)CCc1ccc(CS(=O)(=O)Cl)cc1. The second-order valence-corrected chi connectivity index (χ2v) is 6.66. The second-order valence-electron chi connectivity index (χ2n) is 3.89. The molecule has 0 spiro atoms. The number of aryl methyl sites for hydroxylation is 1. The Balaban J connectivity index is 2.61. The molecule has 1 rings (SSSR count). The van der Waals surface area contributed by atoms with Crippen LogP contribution in [-0.4, -0.2) is 19.6 Å². The molecule has 16 heavy (non-hydrogen) atoms. The molecular formula is C11H15ClO3S. The van der Waals surface area contributed by atoms with Crippen LogP contribution in [0.25, 0.3) is 0 Å².